The second-order valence-corrected chi connectivity index (χ2v) is 6.58. The fourth-order valence-corrected chi connectivity index (χ4v) is 4.54. The first-order chi connectivity index (χ1) is 8.34. The molecular formula is C10H9N3OS3. The van der Waals surface area contributed by atoms with Gasteiger partial charge >= 0.3 is 0 Å². The Bertz CT molecular complexity index is 481. The van der Waals surface area contributed by atoms with Crippen LogP contribution in [0.4, 0.5) is 0 Å². The van der Waals surface area contributed by atoms with Crippen LogP contribution in [0.15, 0.2) is 33.1 Å². The fourth-order valence-electron chi connectivity index (χ4n) is 1.55. The highest BCUT2D eigenvalue weighted by molar-refractivity contribution is 8.88. The summed E-state index contributed by atoms with van der Waals surface area (Å²) in [5, 5.41) is 1.75. The number of aliphatic imine (C=N–C) groups is 2. The molecule has 0 aromatic rings. The molecule has 0 bridgehead atoms. The Labute approximate surface area is 111 Å². The number of carbonyl (C=O) groups is 1. The molecule has 0 aromatic heterocycles. The second kappa shape index (κ2) is 4.91. The summed E-state index contributed by atoms with van der Waals surface area (Å²) in [5.41, 5.74) is 0. The quantitative estimate of drug-likeness (QED) is 0.690. The maximum Gasteiger partial charge on any atom is 0.285 e. The standard InChI is InChI=1S/C10H9N3OS3/c14-8(7-3-1-2-6-15-7)12-10-13-5-4-11-9(13)16-17-10/h1-3H,4-6H2. The smallest absolute Gasteiger partial charge is 0.285 e. The Kier molecular flexibility index (Phi) is 3.30. The SMILES string of the molecule is O=C(N=C1SSC2=NCCN21)C1=CC=CCS1. The van der Waals surface area contributed by atoms with Crippen LogP contribution < -0.4 is 0 Å². The van der Waals surface area contributed by atoms with E-state index in [0.29, 0.717) is 0 Å². The van der Waals surface area contributed by atoms with Gasteiger partial charge in [0.05, 0.1) is 11.4 Å². The summed E-state index contributed by atoms with van der Waals surface area (Å²) in [6, 6.07) is 0. The molecule has 1 saturated heterocycles. The summed E-state index contributed by atoms with van der Waals surface area (Å²) in [7, 11) is 3.09. The molecular weight excluding hydrogens is 274 g/mol. The third-order valence-electron chi connectivity index (χ3n) is 2.35. The second-order valence-electron chi connectivity index (χ2n) is 3.45. The molecule has 3 aliphatic heterocycles. The third kappa shape index (κ3) is 2.31. The van der Waals surface area contributed by atoms with Gasteiger partial charge in [-0.2, -0.15) is 4.99 Å². The van der Waals surface area contributed by atoms with Crippen molar-refractivity contribution < 1.29 is 4.79 Å². The molecule has 0 unspecified atom stereocenters. The number of thioether (sulfide) groups is 1. The maximum absolute atomic E-state index is 11.9. The van der Waals surface area contributed by atoms with Crippen LogP contribution in [0.2, 0.25) is 0 Å². The van der Waals surface area contributed by atoms with Gasteiger partial charge in [0.15, 0.2) is 10.3 Å². The Balaban J connectivity index is 1.78. The number of allylic oxidation sites excluding steroid dienone is 2. The van der Waals surface area contributed by atoms with Crippen molar-refractivity contribution in [1.29, 1.82) is 0 Å². The van der Waals surface area contributed by atoms with Crippen LogP contribution in [-0.4, -0.2) is 40.0 Å². The number of hydrogen-bond donors (Lipinski definition) is 0. The van der Waals surface area contributed by atoms with Crippen LogP contribution in [0.5, 0.6) is 0 Å². The van der Waals surface area contributed by atoms with E-state index in [2.05, 4.69) is 9.98 Å². The predicted octanol–water partition coefficient (Wildman–Crippen LogP) is 2.12. The maximum atomic E-state index is 11.9. The van der Waals surface area contributed by atoms with E-state index in [1.165, 1.54) is 22.6 Å². The Morgan fingerprint density at radius 3 is 3.24 bits per heavy atom. The lowest BCUT2D eigenvalue weighted by atomic mass is 10.4. The van der Waals surface area contributed by atoms with E-state index in [-0.39, 0.29) is 5.91 Å². The average Bonchev–Trinajstić information content (AvgIpc) is 2.95. The van der Waals surface area contributed by atoms with Gasteiger partial charge in [-0.3, -0.25) is 14.7 Å². The molecule has 1 amide bonds. The molecule has 7 heteroatoms. The van der Waals surface area contributed by atoms with Crippen LogP contribution in [-0.2, 0) is 4.79 Å². The number of rotatable bonds is 1. The van der Waals surface area contributed by atoms with Crippen molar-refractivity contribution in [3.8, 4) is 0 Å². The summed E-state index contributed by atoms with van der Waals surface area (Å²) in [6.07, 6.45) is 5.76. The van der Waals surface area contributed by atoms with E-state index in [9.17, 15) is 4.79 Å². The first kappa shape index (κ1) is 11.4. The van der Waals surface area contributed by atoms with Gasteiger partial charge in [-0.1, -0.05) is 12.2 Å². The van der Waals surface area contributed by atoms with Crippen LogP contribution in [0.1, 0.15) is 0 Å². The highest BCUT2D eigenvalue weighted by Crippen LogP contribution is 2.38. The Morgan fingerprint density at radius 2 is 2.41 bits per heavy atom. The highest BCUT2D eigenvalue weighted by Gasteiger charge is 2.31. The Morgan fingerprint density at radius 1 is 1.47 bits per heavy atom. The van der Waals surface area contributed by atoms with E-state index in [0.717, 1.165) is 34.1 Å². The van der Waals surface area contributed by atoms with Gasteiger partial charge in [0.1, 0.15) is 0 Å². The van der Waals surface area contributed by atoms with Crippen LogP contribution >= 0.6 is 33.3 Å². The van der Waals surface area contributed by atoms with Crippen molar-refractivity contribution in [2.75, 3.05) is 18.8 Å². The first-order valence-electron chi connectivity index (χ1n) is 5.14. The van der Waals surface area contributed by atoms with Gasteiger partial charge in [-0.15, -0.1) is 11.8 Å². The minimum Gasteiger partial charge on any atom is -0.297 e. The van der Waals surface area contributed by atoms with Gasteiger partial charge in [-0.25, -0.2) is 0 Å². The van der Waals surface area contributed by atoms with E-state index >= 15 is 0 Å². The molecule has 88 valence electrons. The highest BCUT2D eigenvalue weighted by atomic mass is 33.1. The van der Waals surface area contributed by atoms with Gasteiger partial charge in [-0.05, 0) is 27.7 Å². The average molecular weight is 283 g/mol. The van der Waals surface area contributed by atoms with E-state index in [1.807, 2.05) is 23.1 Å². The van der Waals surface area contributed by atoms with Gasteiger partial charge < -0.3 is 0 Å². The predicted molar refractivity (Wildman–Crippen MR) is 76.3 cm³/mol. The number of hydrogen-bond acceptors (Lipinski definition) is 5. The van der Waals surface area contributed by atoms with Crippen molar-refractivity contribution in [2.24, 2.45) is 9.98 Å². The molecule has 0 aliphatic carbocycles. The normalized spacial score (nSPS) is 24.9. The van der Waals surface area contributed by atoms with E-state index < -0.39 is 0 Å². The first-order valence-corrected chi connectivity index (χ1v) is 8.27. The lowest BCUT2D eigenvalue weighted by Crippen LogP contribution is -2.26. The van der Waals surface area contributed by atoms with Gasteiger partial charge in [0.25, 0.3) is 5.91 Å². The number of fused-ring (bicyclic) bond motifs is 1. The molecule has 0 N–H and O–H groups in total. The number of amides is 1. The molecule has 3 aliphatic rings. The molecule has 0 aromatic carbocycles. The third-order valence-corrected chi connectivity index (χ3v) is 5.52. The molecule has 3 rings (SSSR count). The zero-order chi connectivity index (χ0) is 11.7. The lowest BCUT2D eigenvalue weighted by Gasteiger charge is -2.10. The monoisotopic (exact) mass is 283 g/mol. The van der Waals surface area contributed by atoms with Crippen molar-refractivity contribution >= 4 is 49.6 Å². The van der Waals surface area contributed by atoms with Gasteiger partial charge in [0.2, 0.25) is 0 Å². The van der Waals surface area contributed by atoms with E-state index in [4.69, 9.17) is 0 Å². The van der Waals surface area contributed by atoms with E-state index in [1.54, 1.807) is 10.8 Å². The minimum atomic E-state index is -0.143. The molecule has 17 heavy (non-hydrogen) atoms. The largest absolute Gasteiger partial charge is 0.297 e. The van der Waals surface area contributed by atoms with Crippen LogP contribution in [0.25, 0.3) is 0 Å². The molecule has 3 heterocycles. The molecule has 4 nitrogen and oxygen atoms in total. The number of nitrogens with zero attached hydrogens (tertiary/aromatic N) is 3. The molecule has 0 atom stereocenters. The molecule has 0 spiro atoms. The summed E-state index contributed by atoms with van der Waals surface area (Å²) in [6.45, 7) is 1.64. The van der Waals surface area contributed by atoms with Gasteiger partial charge in [0, 0.05) is 12.3 Å². The van der Waals surface area contributed by atoms with Crippen LogP contribution in [0.3, 0.4) is 0 Å². The molecule has 0 saturated carbocycles. The Hall–Kier alpha value is -0.660. The molecule has 0 radical (unpaired) electrons. The summed E-state index contributed by atoms with van der Waals surface area (Å²) >= 11 is 1.53. The van der Waals surface area contributed by atoms with Crippen molar-refractivity contribution in [3.05, 3.63) is 23.1 Å². The number of amidine groups is 2. The van der Waals surface area contributed by atoms with Crippen molar-refractivity contribution in [3.63, 3.8) is 0 Å². The summed E-state index contributed by atoms with van der Waals surface area (Å²) in [5.74, 6) is 0.705. The lowest BCUT2D eigenvalue weighted by molar-refractivity contribution is -0.113. The topological polar surface area (TPSA) is 45.0 Å². The summed E-state index contributed by atoms with van der Waals surface area (Å²) < 4.78 is 0. The summed E-state index contributed by atoms with van der Waals surface area (Å²) in [4.78, 5) is 23.2. The number of carbonyl (C=O) groups excluding carboxylic acids is 1. The van der Waals surface area contributed by atoms with Crippen molar-refractivity contribution in [1.82, 2.24) is 4.90 Å². The molecule has 1 fully saturated rings. The van der Waals surface area contributed by atoms with Crippen LogP contribution in [0, 0.1) is 0 Å². The zero-order valence-electron chi connectivity index (χ0n) is 8.83. The zero-order valence-corrected chi connectivity index (χ0v) is 11.3. The minimum absolute atomic E-state index is 0.143. The fraction of sp³-hybridized carbons (Fsp3) is 0.300. The van der Waals surface area contributed by atoms with Crippen molar-refractivity contribution in [2.45, 2.75) is 0 Å².